The van der Waals surface area contributed by atoms with Crippen LogP contribution in [0.1, 0.15) is 23.7 Å². The molecule has 1 heterocycles. The minimum atomic E-state index is 0.531. The lowest BCUT2D eigenvalue weighted by atomic mass is 10.1. The maximum absolute atomic E-state index is 5.39. The molecule has 0 unspecified atom stereocenters. The van der Waals surface area contributed by atoms with Crippen molar-refractivity contribution in [2.24, 2.45) is 0 Å². The van der Waals surface area contributed by atoms with Crippen LogP contribution in [0, 0.1) is 13.8 Å². The average molecular weight is 348 g/mol. The van der Waals surface area contributed by atoms with Gasteiger partial charge in [0.2, 0.25) is 5.95 Å². The van der Waals surface area contributed by atoms with Crippen molar-refractivity contribution in [2.75, 3.05) is 17.7 Å². The third-order valence-electron chi connectivity index (χ3n) is 4.20. The highest BCUT2D eigenvalue weighted by atomic mass is 16.5. The van der Waals surface area contributed by atoms with Gasteiger partial charge in [0.1, 0.15) is 11.6 Å². The van der Waals surface area contributed by atoms with Crippen molar-refractivity contribution in [3.05, 3.63) is 65.4 Å². The van der Waals surface area contributed by atoms with Crippen LogP contribution in [-0.4, -0.2) is 17.1 Å². The van der Waals surface area contributed by atoms with Gasteiger partial charge < -0.3 is 15.4 Å². The number of rotatable bonds is 6. The van der Waals surface area contributed by atoms with Crippen molar-refractivity contribution in [1.82, 2.24) is 9.97 Å². The van der Waals surface area contributed by atoms with Gasteiger partial charge in [-0.25, -0.2) is 4.98 Å². The van der Waals surface area contributed by atoms with E-state index in [1.807, 2.05) is 37.3 Å². The maximum Gasteiger partial charge on any atom is 0.229 e. The first-order chi connectivity index (χ1) is 12.6. The van der Waals surface area contributed by atoms with E-state index in [2.05, 4.69) is 52.6 Å². The highest BCUT2D eigenvalue weighted by Gasteiger charge is 2.09. The molecule has 0 fully saturated rings. The van der Waals surface area contributed by atoms with Crippen LogP contribution in [0.2, 0.25) is 0 Å². The van der Waals surface area contributed by atoms with E-state index in [0.717, 1.165) is 35.1 Å². The molecule has 5 heteroatoms. The number of methoxy groups -OCH3 is 1. The molecule has 1 aromatic heterocycles. The van der Waals surface area contributed by atoms with Crippen LogP contribution in [0.15, 0.2) is 48.5 Å². The maximum atomic E-state index is 5.39. The summed E-state index contributed by atoms with van der Waals surface area (Å²) in [6.45, 7) is 6.21. The zero-order valence-corrected chi connectivity index (χ0v) is 15.6. The largest absolute Gasteiger partial charge is 0.495 e. The summed E-state index contributed by atoms with van der Waals surface area (Å²) >= 11 is 0. The average Bonchev–Trinajstić information content (AvgIpc) is 2.63. The van der Waals surface area contributed by atoms with Crippen LogP contribution in [0.25, 0.3) is 0 Å². The van der Waals surface area contributed by atoms with Gasteiger partial charge in [-0.2, -0.15) is 4.98 Å². The number of hydrogen-bond donors (Lipinski definition) is 2. The van der Waals surface area contributed by atoms with E-state index in [-0.39, 0.29) is 0 Å². The normalized spacial score (nSPS) is 10.5. The van der Waals surface area contributed by atoms with Gasteiger partial charge in [0.15, 0.2) is 0 Å². The van der Waals surface area contributed by atoms with Gasteiger partial charge in [0.05, 0.1) is 12.8 Å². The third kappa shape index (κ3) is 3.94. The smallest absolute Gasteiger partial charge is 0.229 e. The second kappa shape index (κ2) is 7.87. The SMILES string of the molecule is CCc1cccc(C)c1Nc1cc(C)nc(Nc2ccccc2OC)n1. The molecular formula is C21H24N4O. The lowest BCUT2D eigenvalue weighted by molar-refractivity contribution is 0.417. The summed E-state index contributed by atoms with van der Waals surface area (Å²) in [6.07, 6.45) is 0.959. The molecule has 3 rings (SSSR count). The Balaban J connectivity index is 1.91. The first-order valence-electron chi connectivity index (χ1n) is 8.72. The molecule has 0 aliphatic heterocycles. The quantitative estimate of drug-likeness (QED) is 0.645. The van der Waals surface area contributed by atoms with E-state index < -0.39 is 0 Å². The lowest BCUT2D eigenvalue weighted by Gasteiger charge is -2.15. The molecule has 0 amide bonds. The van der Waals surface area contributed by atoms with Crippen molar-refractivity contribution in [3.63, 3.8) is 0 Å². The second-order valence-electron chi connectivity index (χ2n) is 6.13. The Morgan fingerprint density at radius 3 is 2.54 bits per heavy atom. The molecule has 0 saturated carbocycles. The van der Waals surface area contributed by atoms with Crippen LogP contribution >= 0.6 is 0 Å². The number of nitrogens with zero attached hydrogens (tertiary/aromatic N) is 2. The van der Waals surface area contributed by atoms with Gasteiger partial charge >= 0.3 is 0 Å². The van der Waals surface area contributed by atoms with Crippen LogP contribution in [0.3, 0.4) is 0 Å². The fraction of sp³-hybridized carbons (Fsp3) is 0.238. The molecule has 26 heavy (non-hydrogen) atoms. The summed E-state index contributed by atoms with van der Waals surface area (Å²) in [5, 5.41) is 6.71. The molecule has 3 aromatic rings. The van der Waals surface area contributed by atoms with E-state index in [1.54, 1.807) is 7.11 Å². The van der Waals surface area contributed by atoms with Crippen molar-refractivity contribution >= 4 is 23.1 Å². The standard InChI is InChI=1S/C21H24N4O/c1-5-16-10-8-9-14(2)20(16)24-19-13-15(3)22-21(25-19)23-17-11-6-7-12-18(17)26-4/h6-13H,5H2,1-4H3,(H2,22,23,24,25). The molecule has 0 bridgehead atoms. The number of aromatic nitrogens is 2. The lowest BCUT2D eigenvalue weighted by Crippen LogP contribution is -2.05. The van der Waals surface area contributed by atoms with Gasteiger partial charge in [-0.3, -0.25) is 0 Å². The summed E-state index contributed by atoms with van der Waals surface area (Å²) in [4.78, 5) is 9.12. The zero-order valence-electron chi connectivity index (χ0n) is 15.6. The second-order valence-corrected chi connectivity index (χ2v) is 6.13. The Morgan fingerprint density at radius 2 is 1.77 bits per heavy atom. The summed E-state index contributed by atoms with van der Waals surface area (Å²) in [7, 11) is 1.65. The third-order valence-corrected chi connectivity index (χ3v) is 4.20. The Hall–Kier alpha value is -3.08. The molecule has 2 aromatic carbocycles. The molecule has 0 spiro atoms. The highest BCUT2D eigenvalue weighted by molar-refractivity contribution is 5.67. The van der Waals surface area contributed by atoms with Gasteiger partial charge in [0, 0.05) is 17.4 Å². The van der Waals surface area contributed by atoms with Gasteiger partial charge in [-0.05, 0) is 43.5 Å². The molecule has 134 valence electrons. The number of hydrogen-bond acceptors (Lipinski definition) is 5. The number of para-hydroxylation sites is 3. The Labute approximate surface area is 154 Å². The predicted molar refractivity (Wildman–Crippen MR) is 107 cm³/mol. The summed E-state index contributed by atoms with van der Waals surface area (Å²) in [6, 6.07) is 16.0. The van der Waals surface area contributed by atoms with E-state index in [0.29, 0.717) is 5.95 Å². The Morgan fingerprint density at radius 1 is 0.962 bits per heavy atom. The number of nitrogens with one attached hydrogen (secondary N) is 2. The minimum absolute atomic E-state index is 0.531. The summed E-state index contributed by atoms with van der Waals surface area (Å²) in [5.74, 6) is 2.04. The molecule has 0 radical (unpaired) electrons. The first-order valence-corrected chi connectivity index (χ1v) is 8.72. The topological polar surface area (TPSA) is 59.1 Å². The predicted octanol–water partition coefficient (Wildman–Crippen LogP) is 5.15. The number of aryl methyl sites for hydroxylation is 3. The first kappa shape index (κ1) is 17.7. The summed E-state index contributed by atoms with van der Waals surface area (Å²) in [5.41, 5.74) is 5.28. The summed E-state index contributed by atoms with van der Waals surface area (Å²) < 4.78 is 5.39. The number of ether oxygens (including phenoxy) is 1. The van der Waals surface area contributed by atoms with E-state index in [9.17, 15) is 0 Å². The van der Waals surface area contributed by atoms with Crippen LogP contribution in [0.5, 0.6) is 5.75 Å². The van der Waals surface area contributed by atoms with Gasteiger partial charge in [-0.15, -0.1) is 0 Å². The van der Waals surface area contributed by atoms with Crippen LogP contribution in [0.4, 0.5) is 23.1 Å². The van der Waals surface area contributed by atoms with Gasteiger partial charge in [0.25, 0.3) is 0 Å². The Kier molecular flexibility index (Phi) is 5.37. The fourth-order valence-electron chi connectivity index (χ4n) is 2.89. The highest BCUT2D eigenvalue weighted by Crippen LogP contribution is 2.28. The minimum Gasteiger partial charge on any atom is -0.495 e. The molecular weight excluding hydrogens is 324 g/mol. The molecule has 0 atom stereocenters. The molecule has 5 nitrogen and oxygen atoms in total. The molecule has 0 aliphatic carbocycles. The van der Waals surface area contributed by atoms with E-state index in [1.165, 1.54) is 11.1 Å². The zero-order chi connectivity index (χ0) is 18.5. The van der Waals surface area contributed by atoms with Crippen LogP contribution in [-0.2, 0) is 6.42 Å². The van der Waals surface area contributed by atoms with E-state index in [4.69, 9.17) is 4.74 Å². The van der Waals surface area contributed by atoms with E-state index >= 15 is 0 Å². The monoisotopic (exact) mass is 348 g/mol. The molecule has 0 aliphatic rings. The van der Waals surface area contributed by atoms with Crippen molar-refractivity contribution < 1.29 is 4.74 Å². The Bertz CT molecular complexity index is 908. The molecule has 2 N–H and O–H groups in total. The fourth-order valence-corrected chi connectivity index (χ4v) is 2.89. The number of anilines is 4. The van der Waals surface area contributed by atoms with Crippen molar-refractivity contribution in [2.45, 2.75) is 27.2 Å². The van der Waals surface area contributed by atoms with Crippen LogP contribution < -0.4 is 15.4 Å². The molecule has 0 saturated heterocycles. The van der Waals surface area contributed by atoms with Gasteiger partial charge in [-0.1, -0.05) is 37.3 Å². The van der Waals surface area contributed by atoms with Crippen molar-refractivity contribution in [3.8, 4) is 5.75 Å². The van der Waals surface area contributed by atoms with Crippen molar-refractivity contribution in [1.29, 1.82) is 0 Å². The number of benzene rings is 2.